The lowest BCUT2D eigenvalue weighted by molar-refractivity contribution is 1.28. The summed E-state index contributed by atoms with van der Waals surface area (Å²) in [6, 6.07) is 97.1. The minimum absolute atomic E-state index is 1.10. The van der Waals surface area contributed by atoms with E-state index in [1.165, 1.54) is 105 Å². The molecule has 13 aromatic rings. The lowest BCUT2D eigenvalue weighted by Crippen LogP contribution is -2.09. The number of hydrogen-bond acceptors (Lipinski definition) is 1. The van der Waals surface area contributed by atoms with Crippen LogP contribution in [0.3, 0.4) is 0 Å². The third kappa shape index (κ3) is 6.90. The third-order valence-corrected chi connectivity index (χ3v) is 13.8. The van der Waals surface area contributed by atoms with Gasteiger partial charge in [-0.2, -0.15) is 0 Å². The number of para-hydroxylation sites is 2. The fourth-order valence-corrected chi connectivity index (χ4v) is 10.3. The molecule has 0 atom stereocenters. The zero-order chi connectivity index (χ0) is 45.0. The highest BCUT2D eigenvalue weighted by Crippen LogP contribution is 2.43. The monoisotopic (exact) mass is 864 g/mol. The fraction of sp³-hybridized carbons (Fsp3) is 0. The van der Waals surface area contributed by atoms with E-state index in [1.807, 2.05) is 0 Å². The highest BCUT2D eigenvalue weighted by atomic mass is 15.1. The van der Waals surface area contributed by atoms with Crippen LogP contribution >= 0.6 is 0 Å². The van der Waals surface area contributed by atoms with Gasteiger partial charge in [0, 0.05) is 38.6 Å². The number of hydrogen-bond donors (Lipinski definition) is 0. The van der Waals surface area contributed by atoms with E-state index >= 15 is 0 Å². The summed E-state index contributed by atoms with van der Waals surface area (Å²) in [6.45, 7) is 0. The molecule has 2 heteroatoms. The predicted octanol–water partition coefficient (Wildman–Crippen LogP) is 18.3. The van der Waals surface area contributed by atoms with Gasteiger partial charge in [-0.05, 0) is 127 Å². The summed E-state index contributed by atoms with van der Waals surface area (Å²) in [4.78, 5) is 2.34. The van der Waals surface area contributed by atoms with Crippen molar-refractivity contribution in [3.63, 3.8) is 0 Å². The van der Waals surface area contributed by atoms with E-state index in [-0.39, 0.29) is 0 Å². The Labute approximate surface area is 396 Å². The van der Waals surface area contributed by atoms with Crippen LogP contribution in [-0.4, -0.2) is 4.40 Å². The fourth-order valence-electron chi connectivity index (χ4n) is 10.3. The zero-order valence-corrected chi connectivity index (χ0v) is 37.3. The summed E-state index contributed by atoms with van der Waals surface area (Å²) in [5, 5.41) is 5.20. The lowest BCUT2D eigenvalue weighted by atomic mass is 9.96. The van der Waals surface area contributed by atoms with Crippen molar-refractivity contribution in [2.45, 2.75) is 0 Å². The van der Waals surface area contributed by atoms with E-state index < -0.39 is 0 Å². The van der Waals surface area contributed by atoms with Crippen LogP contribution in [0.1, 0.15) is 0 Å². The maximum Gasteiger partial charge on any atom is 0.0620 e. The number of benzene rings is 11. The van der Waals surface area contributed by atoms with Gasteiger partial charge in [-0.25, -0.2) is 0 Å². The molecule has 2 nitrogen and oxygen atoms in total. The standard InChI is InChI=1S/C66H44N2/c1-3-11-45(12-4-1)47-19-21-50(22-20-47)53-33-39-58(40-34-53)67(57-37-31-52(32-38-57)46-13-5-2-6-14-46)59-41-35-54(36-42-59)51-25-23-48(24-26-51)49-27-29-55(30-28-49)56-43-62-60-15-7-9-17-64(60)68-65-18-10-8-16-61(65)63(44-56)66(62)68/h1-44H. The van der Waals surface area contributed by atoms with Gasteiger partial charge in [0.15, 0.2) is 0 Å². The first-order valence-electron chi connectivity index (χ1n) is 23.4. The second-order valence-corrected chi connectivity index (χ2v) is 17.7. The number of anilines is 3. The zero-order valence-electron chi connectivity index (χ0n) is 37.3. The van der Waals surface area contributed by atoms with Crippen molar-refractivity contribution in [1.82, 2.24) is 4.40 Å². The van der Waals surface area contributed by atoms with Crippen LogP contribution in [0.5, 0.6) is 0 Å². The van der Waals surface area contributed by atoms with Gasteiger partial charge in [0.1, 0.15) is 0 Å². The first-order valence-corrected chi connectivity index (χ1v) is 23.4. The summed E-state index contributed by atoms with van der Waals surface area (Å²) in [5.74, 6) is 0. The molecule has 0 aliphatic carbocycles. The van der Waals surface area contributed by atoms with Gasteiger partial charge in [0.05, 0.1) is 16.6 Å². The van der Waals surface area contributed by atoms with E-state index in [0.29, 0.717) is 0 Å². The number of nitrogens with zero attached hydrogens (tertiary/aromatic N) is 2. The van der Waals surface area contributed by atoms with E-state index in [4.69, 9.17) is 0 Å². The second kappa shape index (κ2) is 16.5. The van der Waals surface area contributed by atoms with Gasteiger partial charge in [-0.3, -0.25) is 0 Å². The largest absolute Gasteiger partial charge is 0.311 e. The maximum atomic E-state index is 2.44. The molecule has 13 rings (SSSR count). The molecule has 11 aromatic carbocycles. The van der Waals surface area contributed by atoms with Crippen LogP contribution in [0.4, 0.5) is 17.1 Å². The minimum Gasteiger partial charge on any atom is -0.311 e. The van der Waals surface area contributed by atoms with E-state index in [2.05, 4.69) is 276 Å². The van der Waals surface area contributed by atoms with Gasteiger partial charge >= 0.3 is 0 Å². The molecule has 0 unspecified atom stereocenters. The van der Waals surface area contributed by atoms with Crippen molar-refractivity contribution in [2.24, 2.45) is 0 Å². The Hall–Kier alpha value is -8.98. The van der Waals surface area contributed by atoms with Crippen molar-refractivity contribution in [3.8, 4) is 66.8 Å². The Morgan fingerprint density at radius 3 is 0.779 bits per heavy atom. The molecule has 0 bridgehead atoms. The van der Waals surface area contributed by atoms with Crippen molar-refractivity contribution in [2.75, 3.05) is 4.90 Å². The quantitative estimate of drug-likeness (QED) is 0.140. The molecule has 0 spiro atoms. The molecule has 0 fully saturated rings. The van der Waals surface area contributed by atoms with Gasteiger partial charge in [0.2, 0.25) is 0 Å². The van der Waals surface area contributed by atoms with Gasteiger partial charge in [-0.15, -0.1) is 0 Å². The highest BCUT2D eigenvalue weighted by Gasteiger charge is 2.19. The molecule has 0 saturated heterocycles. The third-order valence-electron chi connectivity index (χ3n) is 13.8. The summed E-state index contributed by atoms with van der Waals surface area (Å²) in [5.41, 5.74) is 21.6. The van der Waals surface area contributed by atoms with Crippen LogP contribution in [0.25, 0.3) is 105 Å². The Bertz CT molecular complexity index is 3790. The molecular weight excluding hydrogens is 821 g/mol. The van der Waals surface area contributed by atoms with Gasteiger partial charge in [-0.1, -0.05) is 206 Å². The van der Waals surface area contributed by atoms with E-state index in [9.17, 15) is 0 Å². The molecular formula is C66H44N2. The first-order chi connectivity index (χ1) is 33.7. The van der Waals surface area contributed by atoms with Crippen molar-refractivity contribution in [3.05, 3.63) is 267 Å². The van der Waals surface area contributed by atoms with E-state index in [0.717, 1.165) is 17.1 Å². The summed E-state index contributed by atoms with van der Waals surface area (Å²) in [7, 11) is 0. The molecule has 0 radical (unpaired) electrons. The van der Waals surface area contributed by atoms with Gasteiger partial charge < -0.3 is 9.30 Å². The Morgan fingerprint density at radius 2 is 0.456 bits per heavy atom. The Morgan fingerprint density at radius 1 is 0.206 bits per heavy atom. The van der Waals surface area contributed by atoms with Crippen molar-refractivity contribution in [1.29, 1.82) is 0 Å². The second-order valence-electron chi connectivity index (χ2n) is 17.7. The molecule has 0 saturated carbocycles. The van der Waals surface area contributed by atoms with Crippen LogP contribution in [0.2, 0.25) is 0 Å². The average molecular weight is 865 g/mol. The number of fused-ring (bicyclic) bond motifs is 6. The number of aromatic nitrogens is 1. The first kappa shape index (κ1) is 39.4. The normalized spacial score (nSPS) is 11.5. The van der Waals surface area contributed by atoms with E-state index in [1.54, 1.807) is 0 Å². The van der Waals surface area contributed by atoms with Gasteiger partial charge in [0.25, 0.3) is 0 Å². The molecule has 0 N–H and O–H groups in total. The van der Waals surface area contributed by atoms with Crippen LogP contribution in [-0.2, 0) is 0 Å². The summed E-state index contributed by atoms with van der Waals surface area (Å²) in [6.07, 6.45) is 0. The van der Waals surface area contributed by atoms with Crippen LogP contribution in [0, 0.1) is 0 Å². The Balaban J connectivity index is 0.775. The van der Waals surface area contributed by atoms with Crippen LogP contribution in [0.15, 0.2) is 267 Å². The summed E-state index contributed by atoms with van der Waals surface area (Å²) < 4.78 is 2.44. The average Bonchev–Trinajstić information content (AvgIpc) is 3.94. The SMILES string of the molecule is c1ccc(-c2ccc(-c3ccc(N(c4ccc(-c5ccccc5)cc4)c4ccc(-c5ccc(-c6ccc(-c7cc8c9ccccc9n9c%10ccccc%10c(c7)c89)cc6)cc5)cc4)cc3)cc2)cc1. The molecule has 0 aliphatic heterocycles. The topological polar surface area (TPSA) is 7.65 Å². The summed E-state index contributed by atoms with van der Waals surface area (Å²) >= 11 is 0. The molecule has 2 aromatic heterocycles. The highest BCUT2D eigenvalue weighted by molar-refractivity contribution is 6.24. The predicted molar refractivity (Wildman–Crippen MR) is 288 cm³/mol. The molecule has 68 heavy (non-hydrogen) atoms. The maximum absolute atomic E-state index is 2.44. The lowest BCUT2D eigenvalue weighted by Gasteiger charge is -2.26. The molecule has 0 aliphatic rings. The smallest absolute Gasteiger partial charge is 0.0620 e. The van der Waals surface area contributed by atoms with Crippen molar-refractivity contribution < 1.29 is 0 Å². The van der Waals surface area contributed by atoms with Crippen LogP contribution < -0.4 is 4.90 Å². The molecule has 318 valence electrons. The Kier molecular flexibility index (Phi) is 9.54. The minimum atomic E-state index is 1.10. The molecule has 2 heterocycles. The molecule has 0 amide bonds. The van der Waals surface area contributed by atoms with Crippen molar-refractivity contribution >= 4 is 55.2 Å². The number of rotatable bonds is 9.